The Morgan fingerprint density at radius 2 is 1.67 bits per heavy atom. The van der Waals surface area contributed by atoms with E-state index >= 15 is 0 Å². The summed E-state index contributed by atoms with van der Waals surface area (Å²) in [5.74, 6) is 0.772. The number of hydrogen-bond acceptors (Lipinski definition) is 4. The number of halogens is 3. The Morgan fingerprint density at radius 3 is 2.36 bits per heavy atom. The van der Waals surface area contributed by atoms with E-state index in [4.69, 9.17) is 0 Å². The number of rotatable bonds is 5. The van der Waals surface area contributed by atoms with Gasteiger partial charge in [0, 0.05) is 38.4 Å². The molecular weight excluding hydrogens is 467 g/mol. The highest BCUT2D eigenvalue weighted by Gasteiger charge is 2.33. The predicted molar refractivity (Wildman–Crippen MR) is 136 cm³/mol. The van der Waals surface area contributed by atoms with Crippen molar-refractivity contribution in [2.24, 2.45) is 0 Å². The molecule has 4 rings (SSSR count). The van der Waals surface area contributed by atoms with E-state index < -0.39 is 11.7 Å². The van der Waals surface area contributed by atoms with Crippen LogP contribution in [0.2, 0.25) is 0 Å². The molecule has 6 nitrogen and oxygen atoms in total. The van der Waals surface area contributed by atoms with Crippen LogP contribution < -0.4 is 15.5 Å². The van der Waals surface area contributed by atoms with Crippen molar-refractivity contribution in [1.82, 2.24) is 9.88 Å². The van der Waals surface area contributed by atoms with Gasteiger partial charge in [-0.25, -0.2) is 9.78 Å². The van der Waals surface area contributed by atoms with Crippen LogP contribution in [0.4, 0.5) is 35.2 Å². The molecule has 2 aromatic carbocycles. The maximum Gasteiger partial charge on any atom is 0.416 e. The third-order valence-corrected chi connectivity index (χ3v) is 6.35. The summed E-state index contributed by atoms with van der Waals surface area (Å²) in [6.45, 7) is 6.89. The second-order valence-corrected chi connectivity index (χ2v) is 9.02. The maximum atomic E-state index is 13.4. The van der Waals surface area contributed by atoms with E-state index in [0.29, 0.717) is 30.9 Å². The van der Waals surface area contributed by atoms with E-state index in [1.165, 1.54) is 6.07 Å². The number of anilines is 3. The van der Waals surface area contributed by atoms with Gasteiger partial charge in [-0.05, 0) is 55.2 Å². The number of carbonyl (C=O) groups is 1. The molecule has 0 spiro atoms. The van der Waals surface area contributed by atoms with Gasteiger partial charge in [0.05, 0.1) is 17.4 Å². The number of alkyl halides is 3. The summed E-state index contributed by atoms with van der Waals surface area (Å²) in [4.78, 5) is 21.1. The van der Waals surface area contributed by atoms with Gasteiger partial charge in [-0.2, -0.15) is 13.2 Å². The van der Waals surface area contributed by atoms with Crippen molar-refractivity contribution in [3.05, 3.63) is 83.0 Å². The highest BCUT2D eigenvalue weighted by molar-refractivity contribution is 6.00. The van der Waals surface area contributed by atoms with Crippen molar-refractivity contribution >= 4 is 23.2 Å². The number of aromatic nitrogens is 1. The molecule has 2 amide bonds. The van der Waals surface area contributed by atoms with Crippen LogP contribution in [0, 0.1) is 13.8 Å². The number of nitrogens with one attached hydrogen (secondary N) is 2. The van der Waals surface area contributed by atoms with E-state index in [0.717, 1.165) is 41.7 Å². The molecule has 1 fully saturated rings. The third-order valence-electron chi connectivity index (χ3n) is 6.35. The summed E-state index contributed by atoms with van der Waals surface area (Å²) in [5, 5.41) is 5.69. The lowest BCUT2D eigenvalue weighted by Gasteiger charge is -2.24. The minimum absolute atomic E-state index is 0.259. The van der Waals surface area contributed by atoms with Crippen molar-refractivity contribution < 1.29 is 18.0 Å². The lowest BCUT2D eigenvalue weighted by atomic mass is 10.1. The molecule has 0 atom stereocenters. The van der Waals surface area contributed by atoms with Crippen molar-refractivity contribution in [3.8, 4) is 0 Å². The van der Waals surface area contributed by atoms with Crippen molar-refractivity contribution in [2.75, 3.05) is 41.7 Å². The number of amides is 2. The van der Waals surface area contributed by atoms with Crippen LogP contribution in [0.1, 0.15) is 28.7 Å². The first-order valence-electron chi connectivity index (χ1n) is 11.9. The largest absolute Gasteiger partial charge is 0.416 e. The summed E-state index contributed by atoms with van der Waals surface area (Å²) in [6, 6.07) is 14.9. The monoisotopic (exact) mass is 497 g/mol. The number of pyridine rings is 1. The van der Waals surface area contributed by atoms with Gasteiger partial charge in [0.25, 0.3) is 0 Å². The fourth-order valence-corrected chi connectivity index (χ4v) is 4.47. The molecule has 36 heavy (non-hydrogen) atoms. The normalized spacial score (nSPS) is 14.9. The Bertz CT molecular complexity index is 1180. The topological polar surface area (TPSA) is 60.5 Å². The average Bonchev–Trinajstić information content (AvgIpc) is 3.07. The molecule has 9 heteroatoms. The van der Waals surface area contributed by atoms with Crippen LogP contribution in [-0.4, -0.2) is 42.1 Å². The van der Waals surface area contributed by atoms with Gasteiger partial charge in [0.15, 0.2) is 0 Å². The van der Waals surface area contributed by atoms with Crippen LogP contribution in [-0.2, 0) is 12.7 Å². The lowest BCUT2D eigenvalue weighted by Crippen LogP contribution is -2.31. The van der Waals surface area contributed by atoms with Crippen LogP contribution in [0.15, 0.2) is 60.8 Å². The van der Waals surface area contributed by atoms with E-state index in [2.05, 4.69) is 25.4 Å². The van der Waals surface area contributed by atoms with Gasteiger partial charge in [-0.3, -0.25) is 4.90 Å². The fourth-order valence-electron chi connectivity index (χ4n) is 4.47. The van der Waals surface area contributed by atoms with Gasteiger partial charge >= 0.3 is 12.2 Å². The molecule has 0 saturated carbocycles. The summed E-state index contributed by atoms with van der Waals surface area (Å²) in [7, 11) is 0. The summed E-state index contributed by atoms with van der Waals surface area (Å²) in [6.07, 6.45) is -1.93. The number of hydrogen-bond donors (Lipinski definition) is 2. The first-order valence-corrected chi connectivity index (χ1v) is 11.9. The molecule has 2 N–H and O–H groups in total. The Labute approximate surface area is 209 Å². The highest BCUT2D eigenvalue weighted by atomic mass is 19.4. The highest BCUT2D eigenvalue weighted by Crippen LogP contribution is 2.32. The second-order valence-electron chi connectivity index (χ2n) is 9.02. The minimum Gasteiger partial charge on any atom is -0.355 e. The molecule has 0 radical (unpaired) electrons. The second kappa shape index (κ2) is 11.0. The van der Waals surface area contributed by atoms with Crippen molar-refractivity contribution in [3.63, 3.8) is 0 Å². The Kier molecular flexibility index (Phi) is 7.79. The molecule has 1 aliphatic rings. The summed E-state index contributed by atoms with van der Waals surface area (Å²) < 4.78 is 40.1. The van der Waals surface area contributed by atoms with E-state index in [1.54, 1.807) is 24.4 Å². The number of nitrogens with zero attached hydrogens (tertiary/aromatic N) is 3. The molecule has 1 saturated heterocycles. The average molecular weight is 498 g/mol. The van der Waals surface area contributed by atoms with Gasteiger partial charge in [0.2, 0.25) is 0 Å². The standard InChI is InChI=1S/C27H30F3N5O/c1-19-7-5-8-20(2)25(19)33-26(36)32-22-11-12-24(31-17-22)35-14-6-13-34(15-16-35)18-21-9-3-4-10-23(21)27(28,29)30/h3-5,7-12,17H,6,13-16,18H2,1-2H3,(H2,32,33,36). The number of para-hydroxylation sites is 1. The Morgan fingerprint density at radius 1 is 0.917 bits per heavy atom. The summed E-state index contributed by atoms with van der Waals surface area (Å²) >= 11 is 0. The fraction of sp³-hybridized carbons (Fsp3) is 0.333. The molecule has 1 aromatic heterocycles. The van der Waals surface area contributed by atoms with E-state index in [-0.39, 0.29) is 12.6 Å². The number of aryl methyl sites for hydroxylation is 2. The SMILES string of the molecule is Cc1cccc(C)c1NC(=O)Nc1ccc(N2CCCN(Cc3ccccc3C(F)(F)F)CC2)nc1. The van der Waals surface area contributed by atoms with E-state index in [9.17, 15) is 18.0 Å². The summed E-state index contributed by atoms with van der Waals surface area (Å²) in [5.41, 5.74) is 3.05. The first-order chi connectivity index (χ1) is 17.2. The van der Waals surface area contributed by atoms with Gasteiger partial charge in [0.1, 0.15) is 5.82 Å². The Balaban J connectivity index is 1.34. The van der Waals surface area contributed by atoms with Gasteiger partial charge < -0.3 is 15.5 Å². The quantitative estimate of drug-likeness (QED) is 0.449. The van der Waals surface area contributed by atoms with Crippen LogP contribution in [0.25, 0.3) is 0 Å². The zero-order valence-electron chi connectivity index (χ0n) is 20.4. The first kappa shape index (κ1) is 25.5. The molecular formula is C27H30F3N5O. The van der Waals surface area contributed by atoms with Gasteiger partial charge in [-0.15, -0.1) is 0 Å². The third kappa shape index (κ3) is 6.34. The number of benzene rings is 2. The molecule has 3 aromatic rings. The molecule has 1 aliphatic heterocycles. The Hall–Kier alpha value is -3.59. The van der Waals surface area contributed by atoms with Crippen LogP contribution in [0.3, 0.4) is 0 Å². The zero-order chi connectivity index (χ0) is 25.7. The minimum atomic E-state index is -4.36. The number of carbonyl (C=O) groups excluding carboxylic acids is 1. The van der Waals surface area contributed by atoms with Crippen molar-refractivity contribution in [1.29, 1.82) is 0 Å². The van der Waals surface area contributed by atoms with Crippen LogP contribution >= 0.6 is 0 Å². The molecule has 190 valence electrons. The molecule has 2 heterocycles. The molecule has 0 unspecified atom stereocenters. The van der Waals surface area contributed by atoms with Gasteiger partial charge in [-0.1, -0.05) is 36.4 Å². The smallest absolute Gasteiger partial charge is 0.355 e. The zero-order valence-corrected chi connectivity index (χ0v) is 20.4. The van der Waals surface area contributed by atoms with Crippen molar-refractivity contribution in [2.45, 2.75) is 33.0 Å². The maximum absolute atomic E-state index is 13.4. The molecule has 0 aliphatic carbocycles. The number of urea groups is 1. The predicted octanol–water partition coefficient (Wildman–Crippen LogP) is 6.07. The van der Waals surface area contributed by atoms with Crippen LogP contribution in [0.5, 0.6) is 0 Å². The van der Waals surface area contributed by atoms with E-state index in [1.807, 2.05) is 38.1 Å². The lowest BCUT2D eigenvalue weighted by molar-refractivity contribution is -0.138. The molecule has 0 bridgehead atoms.